The fraction of sp³-hybridized carbons (Fsp3) is 0.167. The van der Waals surface area contributed by atoms with Crippen molar-refractivity contribution in [3.8, 4) is 11.1 Å². The first-order valence-electron chi connectivity index (χ1n) is 6.08. The number of hydrogen-bond acceptors (Lipinski definition) is 7. The van der Waals surface area contributed by atoms with Crippen LogP contribution in [0.3, 0.4) is 0 Å². The number of aromatic nitrogens is 5. The third kappa shape index (κ3) is 2.59. The summed E-state index contributed by atoms with van der Waals surface area (Å²) in [5.74, 6) is 0.520. The lowest BCUT2D eigenvalue weighted by molar-refractivity contribution is 0.609. The van der Waals surface area contributed by atoms with Crippen molar-refractivity contribution in [3.63, 3.8) is 0 Å². The van der Waals surface area contributed by atoms with Crippen LogP contribution >= 0.6 is 11.5 Å². The molecule has 0 atom stereocenters. The zero-order valence-corrected chi connectivity index (χ0v) is 11.4. The van der Waals surface area contributed by atoms with Crippen molar-refractivity contribution in [2.45, 2.75) is 6.54 Å². The minimum atomic E-state index is 0.520. The molecule has 0 saturated carbocycles. The summed E-state index contributed by atoms with van der Waals surface area (Å²) in [5, 5.41) is 11.9. The molecule has 0 saturated heterocycles. The van der Waals surface area contributed by atoms with E-state index in [1.54, 1.807) is 23.3 Å². The van der Waals surface area contributed by atoms with E-state index in [1.807, 2.05) is 18.3 Å². The molecule has 0 radical (unpaired) electrons. The van der Waals surface area contributed by atoms with E-state index in [9.17, 15) is 0 Å². The van der Waals surface area contributed by atoms with Gasteiger partial charge in [0, 0.05) is 30.7 Å². The van der Waals surface area contributed by atoms with Gasteiger partial charge in [-0.25, -0.2) is 0 Å². The first-order valence-corrected chi connectivity index (χ1v) is 6.85. The molecule has 0 aromatic carbocycles. The van der Waals surface area contributed by atoms with Crippen LogP contribution in [0.2, 0.25) is 0 Å². The number of hydrogen-bond donors (Lipinski definition) is 2. The molecule has 3 heterocycles. The molecule has 8 heteroatoms. The van der Waals surface area contributed by atoms with Crippen LogP contribution in [-0.4, -0.2) is 30.9 Å². The number of anilines is 2. The van der Waals surface area contributed by atoms with Crippen LogP contribution < -0.4 is 11.1 Å². The predicted octanol–water partition coefficient (Wildman–Crippen LogP) is 1.49. The molecule has 0 aliphatic carbocycles. The third-order valence-electron chi connectivity index (χ3n) is 2.77. The quantitative estimate of drug-likeness (QED) is 0.738. The summed E-state index contributed by atoms with van der Waals surface area (Å²) < 4.78 is 5.97. The Labute approximate surface area is 119 Å². The zero-order valence-electron chi connectivity index (χ0n) is 10.6. The highest BCUT2D eigenvalue weighted by Crippen LogP contribution is 2.36. The summed E-state index contributed by atoms with van der Waals surface area (Å²) in [5.41, 5.74) is 7.81. The second kappa shape index (κ2) is 5.66. The molecule has 3 N–H and O–H groups in total. The molecule has 0 spiro atoms. The second-order valence-electron chi connectivity index (χ2n) is 4.11. The van der Waals surface area contributed by atoms with Crippen molar-refractivity contribution in [2.24, 2.45) is 0 Å². The molecule has 7 nitrogen and oxygen atoms in total. The molecule has 3 rings (SSSR count). The maximum Gasteiger partial charge on any atom is 0.147 e. The molecule has 0 fully saturated rings. The van der Waals surface area contributed by atoms with E-state index in [0.29, 0.717) is 5.82 Å². The fourth-order valence-corrected chi connectivity index (χ4v) is 2.61. The largest absolute Gasteiger partial charge is 0.382 e. The summed E-state index contributed by atoms with van der Waals surface area (Å²) in [6, 6.07) is 3.85. The maximum atomic E-state index is 5.94. The van der Waals surface area contributed by atoms with Gasteiger partial charge in [0.15, 0.2) is 0 Å². The minimum Gasteiger partial charge on any atom is -0.382 e. The van der Waals surface area contributed by atoms with E-state index in [2.05, 4.69) is 25.0 Å². The fourth-order valence-electron chi connectivity index (χ4n) is 1.85. The average molecular weight is 287 g/mol. The first-order chi connectivity index (χ1) is 9.84. The highest BCUT2D eigenvalue weighted by atomic mass is 32.1. The number of rotatable bonds is 5. The Morgan fingerprint density at radius 3 is 3.05 bits per heavy atom. The SMILES string of the molecule is Nc1nsc(NCCn2ccnn2)c1-c1cccnc1. The van der Waals surface area contributed by atoms with Crippen molar-refractivity contribution in [1.29, 1.82) is 0 Å². The smallest absolute Gasteiger partial charge is 0.147 e. The summed E-state index contributed by atoms with van der Waals surface area (Å²) in [7, 11) is 0. The summed E-state index contributed by atoms with van der Waals surface area (Å²) >= 11 is 1.35. The lowest BCUT2D eigenvalue weighted by atomic mass is 10.1. The molecule has 3 aromatic heterocycles. The molecule has 0 bridgehead atoms. The highest BCUT2D eigenvalue weighted by molar-refractivity contribution is 7.11. The summed E-state index contributed by atoms with van der Waals surface area (Å²) in [6.45, 7) is 1.45. The molecule has 102 valence electrons. The Balaban J connectivity index is 1.74. The topological polar surface area (TPSA) is 94.5 Å². The van der Waals surface area contributed by atoms with Gasteiger partial charge in [0.1, 0.15) is 10.8 Å². The van der Waals surface area contributed by atoms with Crippen LogP contribution in [0, 0.1) is 0 Å². The van der Waals surface area contributed by atoms with Crippen molar-refractivity contribution >= 4 is 22.4 Å². The van der Waals surface area contributed by atoms with Gasteiger partial charge in [-0.2, -0.15) is 4.37 Å². The normalized spacial score (nSPS) is 10.6. The molecule has 3 aromatic rings. The van der Waals surface area contributed by atoms with Crippen molar-refractivity contribution < 1.29 is 0 Å². The van der Waals surface area contributed by atoms with Gasteiger partial charge in [-0.15, -0.1) is 5.10 Å². The third-order valence-corrected chi connectivity index (χ3v) is 3.59. The second-order valence-corrected chi connectivity index (χ2v) is 4.88. The van der Waals surface area contributed by atoms with Crippen LogP contribution in [0.15, 0.2) is 36.9 Å². The van der Waals surface area contributed by atoms with Gasteiger partial charge in [0.05, 0.1) is 18.3 Å². The van der Waals surface area contributed by atoms with Crippen LogP contribution in [0.1, 0.15) is 0 Å². The average Bonchev–Trinajstić information content (AvgIpc) is 3.10. The Bertz CT molecular complexity index is 662. The minimum absolute atomic E-state index is 0.520. The van der Waals surface area contributed by atoms with E-state index in [4.69, 9.17) is 5.73 Å². The number of nitrogens with one attached hydrogen (secondary N) is 1. The monoisotopic (exact) mass is 287 g/mol. The molecule has 0 unspecified atom stereocenters. The Morgan fingerprint density at radius 1 is 1.35 bits per heavy atom. The van der Waals surface area contributed by atoms with Crippen LogP contribution in [0.25, 0.3) is 11.1 Å². The molecule has 20 heavy (non-hydrogen) atoms. The van der Waals surface area contributed by atoms with Crippen LogP contribution in [0.4, 0.5) is 10.8 Å². The number of pyridine rings is 1. The zero-order chi connectivity index (χ0) is 13.8. The van der Waals surface area contributed by atoms with Gasteiger partial charge in [0.25, 0.3) is 0 Å². The van der Waals surface area contributed by atoms with Gasteiger partial charge in [-0.3, -0.25) is 9.67 Å². The molecular formula is C12H13N7S. The predicted molar refractivity (Wildman–Crippen MR) is 78.3 cm³/mol. The summed E-state index contributed by atoms with van der Waals surface area (Å²) in [4.78, 5) is 4.11. The summed E-state index contributed by atoms with van der Waals surface area (Å²) in [6.07, 6.45) is 7.00. The van der Waals surface area contributed by atoms with Crippen molar-refractivity contribution in [2.75, 3.05) is 17.6 Å². The van der Waals surface area contributed by atoms with E-state index >= 15 is 0 Å². The Hall–Kier alpha value is -2.48. The van der Waals surface area contributed by atoms with E-state index in [-0.39, 0.29) is 0 Å². The Morgan fingerprint density at radius 2 is 2.30 bits per heavy atom. The number of nitrogens with zero attached hydrogens (tertiary/aromatic N) is 5. The first kappa shape index (κ1) is 12.5. The van der Waals surface area contributed by atoms with Gasteiger partial charge in [-0.1, -0.05) is 11.3 Å². The molecular weight excluding hydrogens is 274 g/mol. The van der Waals surface area contributed by atoms with Gasteiger partial charge in [0.2, 0.25) is 0 Å². The van der Waals surface area contributed by atoms with Crippen LogP contribution in [-0.2, 0) is 6.54 Å². The molecule has 0 amide bonds. The van der Waals surface area contributed by atoms with Gasteiger partial charge >= 0.3 is 0 Å². The lowest BCUT2D eigenvalue weighted by Gasteiger charge is -2.07. The lowest BCUT2D eigenvalue weighted by Crippen LogP contribution is -2.10. The Kier molecular flexibility index (Phi) is 3.55. The van der Waals surface area contributed by atoms with Gasteiger partial charge in [-0.05, 0) is 17.6 Å². The molecule has 0 aliphatic heterocycles. The standard InChI is InChI=1S/C12H13N7S/c13-11-10(9-2-1-3-14-8-9)12(20-17-11)15-4-6-19-7-5-16-18-19/h1-3,5,7-8,15H,4,6H2,(H2,13,17). The number of nitrogens with two attached hydrogens (primary N) is 1. The van der Waals surface area contributed by atoms with E-state index in [1.165, 1.54) is 11.5 Å². The van der Waals surface area contributed by atoms with Crippen molar-refractivity contribution in [1.82, 2.24) is 24.4 Å². The maximum absolute atomic E-state index is 5.94. The van der Waals surface area contributed by atoms with Gasteiger partial charge < -0.3 is 11.1 Å². The van der Waals surface area contributed by atoms with E-state index in [0.717, 1.165) is 29.2 Å². The highest BCUT2D eigenvalue weighted by Gasteiger charge is 2.13. The molecule has 0 aliphatic rings. The van der Waals surface area contributed by atoms with Crippen molar-refractivity contribution in [3.05, 3.63) is 36.9 Å². The van der Waals surface area contributed by atoms with E-state index < -0.39 is 0 Å². The number of nitrogen functional groups attached to an aromatic ring is 1. The van der Waals surface area contributed by atoms with Crippen LogP contribution in [0.5, 0.6) is 0 Å².